The van der Waals surface area contributed by atoms with E-state index in [-0.39, 0.29) is 5.54 Å². The summed E-state index contributed by atoms with van der Waals surface area (Å²) in [6.45, 7) is 12.5. The predicted molar refractivity (Wildman–Crippen MR) is 75.2 cm³/mol. The lowest BCUT2D eigenvalue weighted by Crippen LogP contribution is -2.60. The highest BCUT2D eigenvalue weighted by atomic mass is 15.3. The maximum absolute atomic E-state index is 6.13. The van der Waals surface area contributed by atoms with Crippen molar-refractivity contribution in [3.63, 3.8) is 0 Å². The minimum Gasteiger partial charge on any atom is -0.329 e. The standard InChI is InChI=1S/C14H31N3/c1-5-13(3)11-14(6-2,12-15)17-9-7-16(4)8-10-17/h13H,5-12,15H2,1-4H3. The third-order valence-corrected chi connectivity index (χ3v) is 4.64. The molecule has 2 N–H and O–H groups in total. The molecule has 0 aromatic rings. The summed E-state index contributed by atoms with van der Waals surface area (Å²) >= 11 is 0. The van der Waals surface area contributed by atoms with Crippen LogP contribution in [0, 0.1) is 5.92 Å². The summed E-state index contributed by atoms with van der Waals surface area (Å²) in [7, 11) is 2.21. The van der Waals surface area contributed by atoms with Gasteiger partial charge in [-0.25, -0.2) is 0 Å². The number of piperazine rings is 1. The molecule has 1 aliphatic rings. The van der Waals surface area contributed by atoms with Crippen LogP contribution in [0.4, 0.5) is 0 Å². The highest BCUT2D eigenvalue weighted by Crippen LogP contribution is 2.29. The molecule has 0 bridgehead atoms. The van der Waals surface area contributed by atoms with Crippen LogP contribution in [0.2, 0.25) is 0 Å². The van der Waals surface area contributed by atoms with Gasteiger partial charge in [-0.3, -0.25) is 4.90 Å². The van der Waals surface area contributed by atoms with Gasteiger partial charge in [-0.2, -0.15) is 0 Å². The second-order valence-corrected chi connectivity index (χ2v) is 5.79. The molecular formula is C14H31N3. The van der Waals surface area contributed by atoms with E-state index in [1.54, 1.807) is 0 Å². The maximum Gasteiger partial charge on any atom is 0.0332 e. The van der Waals surface area contributed by atoms with E-state index < -0.39 is 0 Å². The Hall–Kier alpha value is -0.120. The molecule has 3 nitrogen and oxygen atoms in total. The summed E-state index contributed by atoms with van der Waals surface area (Å²) in [6.07, 6.45) is 3.69. The highest BCUT2D eigenvalue weighted by Gasteiger charge is 2.35. The quantitative estimate of drug-likeness (QED) is 0.769. The number of nitrogens with two attached hydrogens (primary N) is 1. The molecule has 17 heavy (non-hydrogen) atoms. The Kier molecular flexibility index (Phi) is 5.90. The minimum absolute atomic E-state index is 0.247. The smallest absolute Gasteiger partial charge is 0.0332 e. The van der Waals surface area contributed by atoms with E-state index in [0.717, 1.165) is 12.5 Å². The number of hydrogen-bond donors (Lipinski definition) is 1. The van der Waals surface area contributed by atoms with Crippen molar-refractivity contribution < 1.29 is 0 Å². The Morgan fingerprint density at radius 2 is 1.76 bits per heavy atom. The molecule has 1 heterocycles. The molecule has 0 saturated carbocycles. The first-order valence-electron chi connectivity index (χ1n) is 7.21. The van der Waals surface area contributed by atoms with Crippen LogP contribution in [-0.4, -0.2) is 55.1 Å². The van der Waals surface area contributed by atoms with Crippen LogP contribution in [0.25, 0.3) is 0 Å². The Bertz CT molecular complexity index is 206. The lowest BCUT2D eigenvalue weighted by molar-refractivity contribution is 0.0257. The normalized spacial score (nSPS) is 24.5. The van der Waals surface area contributed by atoms with Gasteiger partial charge in [0.05, 0.1) is 0 Å². The SMILES string of the molecule is CCC(C)CC(CC)(CN)N1CCN(C)CC1. The van der Waals surface area contributed by atoms with Gasteiger partial charge in [0.25, 0.3) is 0 Å². The summed E-state index contributed by atoms with van der Waals surface area (Å²) in [6, 6.07) is 0. The number of nitrogens with zero attached hydrogens (tertiary/aromatic N) is 2. The maximum atomic E-state index is 6.13. The van der Waals surface area contributed by atoms with Gasteiger partial charge < -0.3 is 10.6 Å². The number of likely N-dealkylation sites (N-methyl/N-ethyl adjacent to an activating group) is 1. The minimum atomic E-state index is 0.247. The van der Waals surface area contributed by atoms with Crippen molar-refractivity contribution in [1.29, 1.82) is 0 Å². The molecule has 3 heteroatoms. The van der Waals surface area contributed by atoms with Crippen molar-refractivity contribution in [3.8, 4) is 0 Å². The second kappa shape index (κ2) is 6.72. The fraction of sp³-hybridized carbons (Fsp3) is 1.00. The first kappa shape index (κ1) is 14.9. The predicted octanol–water partition coefficient (Wildman–Crippen LogP) is 1.78. The molecule has 2 unspecified atom stereocenters. The average Bonchev–Trinajstić information content (AvgIpc) is 2.37. The molecule has 2 atom stereocenters. The van der Waals surface area contributed by atoms with E-state index in [1.807, 2.05) is 0 Å². The van der Waals surface area contributed by atoms with Crippen LogP contribution in [-0.2, 0) is 0 Å². The van der Waals surface area contributed by atoms with Crippen LogP contribution in [0.1, 0.15) is 40.0 Å². The Morgan fingerprint density at radius 1 is 1.18 bits per heavy atom. The van der Waals surface area contributed by atoms with E-state index >= 15 is 0 Å². The molecule has 1 saturated heterocycles. The second-order valence-electron chi connectivity index (χ2n) is 5.79. The zero-order chi connectivity index (χ0) is 12.9. The van der Waals surface area contributed by atoms with Gasteiger partial charge in [-0.15, -0.1) is 0 Å². The molecule has 0 spiro atoms. The third-order valence-electron chi connectivity index (χ3n) is 4.64. The monoisotopic (exact) mass is 241 g/mol. The van der Waals surface area contributed by atoms with Crippen LogP contribution >= 0.6 is 0 Å². The molecule has 0 aromatic carbocycles. The van der Waals surface area contributed by atoms with E-state index in [0.29, 0.717) is 0 Å². The first-order chi connectivity index (χ1) is 8.07. The number of hydrogen-bond acceptors (Lipinski definition) is 3. The molecule has 0 aliphatic carbocycles. The lowest BCUT2D eigenvalue weighted by Gasteiger charge is -2.47. The number of rotatable bonds is 6. The van der Waals surface area contributed by atoms with E-state index in [1.165, 1.54) is 45.4 Å². The zero-order valence-electron chi connectivity index (χ0n) is 12.2. The molecule has 0 radical (unpaired) electrons. The molecule has 1 rings (SSSR count). The van der Waals surface area contributed by atoms with Gasteiger partial charge >= 0.3 is 0 Å². The van der Waals surface area contributed by atoms with Crippen molar-refractivity contribution in [2.75, 3.05) is 39.8 Å². The summed E-state index contributed by atoms with van der Waals surface area (Å²) in [5.74, 6) is 0.776. The lowest BCUT2D eigenvalue weighted by atomic mass is 9.82. The summed E-state index contributed by atoms with van der Waals surface area (Å²) in [5.41, 5.74) is 6.38. The van der Waals surface area contributed by atoms with E-state index in [4.69, 9.17) is 5.73 Å². The zero-order valence-corrected chi connectivity index (χ0v) is 12.2. The fourth-order valence-electron chi connectivity index (χ4n) is 2.93. The Morgan fingerprint density at radius 3 is 2.18 bits per heavy atom. The van der Waals surface area contributed by atoms with Crippen molar-refractivity contribution >= 4 is 0 Å². The third kappa shape index (κ3) is 3.67. The Labute approximate surface area is 107 Å². The van der Waals surface area contributed by atoms with Gasteiger partial charge in [0, 0.05) is 38.3 Å². The van der Waals surface area contributed by atoms with Crippen LogP contribution in [0.3, 0.4) is 0 Å². The first-order valence-corrected chi connectivity index (χ1v) is 7.21. The molecule has 1 fully saturated rings. The van der Waals surface area contributed by atoms with Gasteiger partial charge in [0.15, 0.2) is 0 Å². The summed E-state index contributed by atoms with van der Waals surface area (Å²) in [5, 5.41) is 0. The van der Waals surface area contributed by atoms with Crippen molar-refractivity contribution in [1.82, 2.24) is 9.80 Å². The fourth-order valence-corrected chi connectivity index (χ4v) is 2.93. The van der Waals surface area contributed by atoms with Gasteiger partial charge in [-0.1, -0.05) is 27.2 Å². The molecule has 1 aliphatic heterocycles. The van der Waals surface area contributed by atoms with Gasteiger partial charge in [-0.05, 0) is 25.8 Å². The Balaban J connectivity index is 2.68. The highest BCUT2D eigenvalue weighted by molar-refractivity contribution is 4.93. The largest absolute Gasteiger partial charge is 0.329 e. The summed E-state index contributed by atoms with van der Waals surface area (Å²) < 4.78 is 0. The molecule has 102 valence electrons. The average molecular weight is 241 g/mol. The van der Waals surface area contributed by atoms with Crippen LogP contribution < -0.4 is 5.73 Å². The van der Waals surface area contributed by atoms with E-state index in [2.05, 4.69) is 37.6 Å². The van der Waals surface area contributed by atoms with Crippen LogP contribution in [0.15, 0.2) is 0 Å². The summed E-state index contributed by atoms with van der Waals surface area (Å²) in [4.78, 5) is 5.07. The van der Waals surface area contributed by atoms with Crippen molar-refractivity contribution in [2.45, 2.75) is 45.6 Å². The molecule has 0 amide bonds. The van der Waals surface area contributed by atoms with Crippen molar-refractivity contribution in [2.24, 2.45) is 11.7 Å². The van der Waals surface area contributed by atoms with Crippen LogP contribution in [0.5, 0.6) is 0 Å². The van der Waals surface area contributed by atoms with Crippen molar-refractivity contribution in [3.05, 3.63) is 0 Å². The molecule has 0 aromatic heterocycles. The molecular weight excluding hydrogens is 210 g/mol. The topological polar surface area (TPSA) is 32.5 Å². The van der Waals surface area contributed by atoms with Gasteiger partial charge in [0.2, 0.25) is 0 Å². The van der Waals surface area contributed by atoms with Gasteiger partial charge in [0.1, 0.15) is 0 Å². The van der Waals surface area contributed by atoms with E-state index in [9.17, 15) is 0 Å².